The van der Waals surface area contributed by atoms with Gasteiger partial charge < -0.3 is 9.80 Å². The zero-order valence-corrected chi connectivity index (χ0v) is 15.6. The molecule has 2 aliphatic heterocycles. The quantitative estimate of drug-likeness (QED) is 0.718. The number of unbranched alkanes of at least 4 members (excludes halogenated alkanes) is 4. The Morgan fingerprint density at radius 2 is 2.00 bits per heavy atom. The first-order chi connectivity index (χ1) is 11.6. The summed E-state index contributed by atoms with van der Waals surface area (Å²) in [6.45, 7) is 6.55. The van der Waals surface area contributed by atoms with Crippen LogP contribution in [0.4, 0.5) is 5.69 Å². The summed E-state index contributed by atoms with van der Waals surface area (Å²) >= 11 is 0. The number of piperidine rings is 1. The van der Waals surface area contributed by atoms with Crippen LogP contribution in [0.25, 0.3) is 0 Å². The molecular weight excluding hydrogens is 296 g/mol. The van der Waals surface area contributed by atoms with E-state index in [0.29, 0.717) is 24.3 Å². The van der Waals surface area contributed by atoms with Crippen LogP contribution in [0.2, 0.25) is 0 Å². The number of hydrogen-bond acceptors (Lipinski definition) is 2. The summed E-state index contributed by atoms with van der Waals surface area (Å²) in [5.74, 6) is 0.830. The molecule has 0 N–H and O–H groups in total. The monoisotopic (exact) mass is 328 g/mol. The SMILES string of the molecule is CCCCCCCC(=O)N1c2ccc(C)cc2[C@@H]2CN(C)CC[C@H]21. The second-order valence-corrected chi connectivity index (χ2v) is 7.71. The molecule has 3 heteroatoms. The molecule has 0 radical (unpaired) electrons. The van der Waals surface area contributed by atoms with E-state index < -0.39 is 0 Å². The number of anilines is 1. The normalized spacial score (nSPS) is 23.2. The number of benzene rings is 1. The first kappa shape index (κ1) is 17.5. The van der Waals surface area contributed by atoms with Gasteiger partial charge in [0.2, 0.25) is 5.91 Å². The molecule has 0 spiro atoms. The zero-order valence-electron chi connectivity index (χ0n) is 15.6. The summed E-state index contributed by atoms with van der Waals surface area (Å²) in [6.07, 6.45) is 7.82. The van der Waals surface area contributed by atoms with Crippen LogP contribution in [-0.4, -0.2) is 37.0 Å². The maximum absolute atomic E-state index is 13.0. The van der Waals surface area contributed by atoms with E-state index in [-0.39, 0.29) is 0 Å². The van der Waals surface area contributed by atoms with E-state index in [0.717, 1.165) is 25.9 Å². The van der Waals surface area contributed by atoms with Gasteiger partial charge in [0, 0.05) is 30.6 Å². The predicted molar refractivity (Wildman–Crippen MR) is 101 cm³/mol. The molecule has 1 aromatic carbocycles. The summed E-state index contributed by atoms with van der Waals surface area (Å²) in [5, 5.41) is 0. The summed E-state index contributed by atoms with van der Waals surface area (Å²) < 4.78 is 0. The Hall–Kier alpha value is -1.35. The number of rotatable bonds is 6. The van der Waals surface area contributed by atoms with Gasteiger partial charge in [-0.15, -0.1) is 0 Å². The van der Waals surface area contributed by atoms with Crippen LogP contribution in [0, 0.1) is 6.92 Å². The third kappa shape index (κ3) is 3.51. The molecule has 0 unspecified atom stereocenters. The number of carbonyl (C=O) groups is 1. The Balaban J connectivity index is 1.74. The number of hydrogen-bond donors (Lipinski definition) is 0. The molecule has 0 saturated carbocycles. The summed E-state index contributed by atoms with van der Waals surface area (Å²) in [4.78, 5) is 17.5. The van der Waals surface area contributed by atoms with Gasteiger partial charge in [-0.2, -0.15) is 0 Å². The van der Waals surface area contributed by atoms with Crippen LogP contribution < -0.4 is 4.90 Å². The number of nitrogens with zero attached hydrogens (tertiary/aromatic N) is 2. The van der Waals surface area contributed by atoms with Gasteiger partial charge in [0.15, 0.2) is 0 Å². The van der Waals surface area contributed by atoms with Gasteiger partial charge in [-0.05, 0) is 45.0 Å². The predicted octanol–water partition coefficient (Wildman–Crippen LogP) is 4.49. The molecule has 1 amide bonds. The van der Waals surface area contributed by atoms with Gasteiger partial charge in [0.25, 0.3) is 0 Å². The van der Waals surface area contributed by atoms with Crippen LogP contribution in [-0.2, 0) is 4.79 Å². The standard InChI is InChI=1S/C21H32N2O/c1-4-5-6-7-8-9-21(24)23-19-11-10-16(2)14-17(19)18-15-22(3)13-12-20(18)23/h10-11,14,18,20H,4-9,12-13,15H2,1-3H3/t18-,20+/m0/s1. The van der Waals surface area contributed by atoms with Crippen LogP contribution in [0.15, 0.2) is 18.2 Å². The molecular formula is C21H32N2O. The fraction of sp³-hybridized carbons (Fsp3) is 0.667. The van der Waals surface area contributed by atoms with Crippen LogP contribution in [0.3, 0.4) is 0 Å². The largest absolute Gasteiger partial charge is 0.308 e. The second-order valence-electron chi connectivity index (χ2n) is 7.71. The van der Waals surface area contributed by atoms with Crippen molar-refractivity contribution in [3.8, 4) is 0 Å². The van der Waals surface area contributed by atoms with Crippen LogP contribution >= 0.6 is 0 Å². The van der Waals surface area contributed by atoms with Crippen molar-refractivity contribution in [3.63, 3.8) is 0 Å². The molecule has 132 valence electrons. The van der Waals surface area contributed by atoms with Gasteiger partial charge in [-0.3, -0.25) is 4.79 Å². The number of likely N-dealkylation sites (tertiary alicyclic amines) is 1. The molecule has 0 aliphatic carbocycles. The third-order valence-corrected chi connectivity index (χ3v) is 5.72. The molecule has 0 bridgehead atoms. The van der Waals surface area contributed by atoms with Gasteiger partial charge in [-0.1, -0.05) is 50.3 Å². The van der Waals surface area contributed by atoms with E-state index in [1.807, 2.05) is 0 Å². The van der Waals surface area contributed by atoms with Crippen molar-refractivity contribution in [2.75, 3.05) is 25.0 Å². The van der Waals surface area contributed by atoms with E-state index in [1.165, 1.54) is 42.5 Å². The highest BCUT2D eigenvalue weighted by Gasteiger charge is 2.43. The highest BCUT2D eigenvalue weighted by atomic mass is 16.2. The molecule has 2 atom stereocenters. The number of amides is 1. The van der Waals surface area contributed by atoms with E-state index in [4.69, 9.17) is 0 Å². The van der Waals surface area contributed by atoms with E-state index >= 15 is 0 Å². The van der Waals surface area contributed by atoms with Crippen molar-refractivity contribution < 1.29 is 4.79 Å². The average molecular weight is 329 g/mol. The minimum Gasteiger partial charge on any atom is -0.308 e. The first-order valence-corrected chi connectivity index (χ1v) is 9.73. The fourth-order valence-corrected chi connectivity index (χ4v) is 4.41. The molecule has 2 heterocycles. The lowest BCUT2D eigenvalue weighted by Gasteiger charge is -2.36. The zero-order chi connectivity index (χ0) is 17.1. The molecule has 1 aromatic rings. The van der Waals surface area contributed by atoms with Crippen LogP contribution in [0.5, 0.6) is 0 Å². The van der Waals surface area contributed by atoms with E-state index in [1.54, 1.807) is 0 Å². The Morgan fingerprint density at radius 1 is 1.21 bits per heavy atom. The summed E-state index contributed by atoms with van der Waals surface area (Å²) in [7, 11) is 2.20. The second kappa shape index (κ2) is 7.69. The molecule has 24 heavy (non-hydrogen) atoms. The van der Waals surface area contributed by atoms with Crippen molar-refractivity contribution in [2.24, 2.45) is 0 Å². The minimum atomic E-state index is 0.341. The lowest BCUT2D eigenvalue weighted by molar-refractivity contribution is -0.119. The highest BCUT2D eigenvalue weighted by Crippen LogP contribution is 2.45. The molecule has 1 saturated heterocycles. The highest BCUT2D eigenvalue weighted by molar-refractivity contribution is 5.96. The minimum absolute atomic E-state index is 0.341. The molecule has 1 fully saturated rings. The maximum atomic E-state index is 13.0. The van der Waals surface area contributed by atoms with Crippen molar-refractivity contribution in [3.05, 3.63) is 29.3 Å². The average Bonchev–Trinajstić information content (AvgIpc) is 2.87. The van der Waals surface area contributed by atoms with Gasteiger partial charge in [0.1, 0.15) is 0 Å². The van der Waals surface area contributed by atoms with Gasteiger partial charge in [0.05, 0.1) is 0 Å². The van der Waals surface area contributed by atoms with E-state index in [9.17, 15) is 4.79 Å². The topological polar surface area (TPSA) is 23.6 Å². The lowest BCUT2D eigenvalue weighted by Crippen LogP contribution is -2.47. The number of likely N-dealkylation sites (N-methyl/N-ethyl adjacent to an activating group) is 1. The van der Waals surface area contributed by atoms with Crippen molar-refractivity contribution in [2.45, 2.75) is 70.8 Å². The van der Waals surface area contributed by atoms with Crippen molar-refractivity contribution >= 4 is 11.6 Å². The molecule has 3 nitrogen and oxygen atoms in total. The van der Waals surface area contributed by atoms with Crippen LogP contribution in [0.1, 0.15) is 68.9 Å². The summed E-state index contributed by atoms with van der Waals surface area (Å²) in [6, 6.07) is 7.02. The van der Waals surface area contributed by atoms with Crippen molar-refractivity contribution in [1.82, 2.24) is 4.90 Å². The van der Waals surface area contributed by atoms with Gasteiger partial charge in [-0.25, -0.2) is 0 Å². The Labute approximate surface area is 147 Å². The van der Waals surface area contributed by atoms with E-state index in [2.05, 4.69) is 48.9 Å². The Bertz CT molecular complexity index is 583. The molecule has 2 aliphatic rings. The maximum Gasteiger partial charge on any atom is 0.227 e. The third-order valence-electron chi connectivity index (χ3n) is 5.72. The lowest BCUT2D eigenvalue weighted by atomic mass is 9.89. The molecule has 0 aromatic heterocycles. The fourth-order valence-electron chi connectivity index (χ4n) is 4.41. The smallest absolute Gasteiger partial charge is 0.227 e. The summed E-state index contributed by atoms with van der Waals surface area (Å²) in [5.41, 5.74) is 3.88. The number of carbonyl (C=O) groups excluding carboxylic acids is 1. The Morgan fingerprint density at radius 3 is 2.79 bits per heavy atom. The molecule has 3 rings (SSSR count). The van der Waals surface area contributed by atoms with Crippen molar-refractivity contribution in [1.29, 1.82) is 0 Å². The van der Waals surface area contributed by atoms with Gasteiger partial charge >= 0.3 is 0 Å². The number of aryl methyl sites for hydroxylation is 1. The number of fused-ring (bicyclic) bond motifs is 3. The first-order valence-electron chi connectivity index (χ1n) is 9.73. The Kier molecular flexibility index (Phi) is 5.60.